The number of fused-ring (bicyclic) bond motifs is 1. The number of anilines is 1. The first-order chi connectivity index (χ1) is 10.0. The summed E-state index contributed by atoms with van der Waals surface area (Å²) >= 11 is 0. The summed E-state index contributed by atoms with van der Waals surface area (Å²) in [6, 6.07) is 5.57. The van der Waals surface area contributed by atoms with E-state index < -0.39 is 0 Å². The summed E-state index contributed by atoms with van der Waals surface area (Å²) in [5, 5.41) is 2.78. The number of hydrogen-bond acceptors (Lipinski definition) is 3. The van der Waals surface area contributed by atoms with Gasteiger partial charge in [-0.2, -0.15) is 0 Å². The van der Waals surface area contributed by atoms with Crippen LogP contribution in [0.1, 0.15) is 35.7 Å². The summed E-state index contributed by atoms with van der Waals surface area (Å²) in [7, 11) is 0. The van der Waals surface area contributed by atoms with Crippen molar-refractivity contribution in [1.29, 1.82) is 0 Å². The number of carbonyl (C=O) groups excluding carboxylic acids is 2. The second-order valence-corrected chi connectivity index (χ2v) is 6.11. The van der Waals surface area contributed by atoms with E-state index in [0.717, 1.165) is 37.2 Å². The molecule has 1 aromatic rings. The molecule has 2 heterocycles. The van der Waals surface area contributed by atoms with E-state index in [1.807, 2.05) is 24.0 Å². The Morgan fingerprint density at radius 1 is 1.48 bits per heavy atom. The Balaban J connectivity index is 1.76. The third-order valence-electron chi connectivity index (χ3n) is 4.47. The Hall–Kier alpha value is -1.88. The van der Waals surface area contributed by atoms with Crippen molar-refractivity contribution in [3.63, 3.8) is 0 Å². The van der Waals surface area contributed by atoms with E-state index in [1.54, 1.807) is 6.07 Å². The van der Waals surface area contributed by atoms with Gasteiger partial charge < -0.3 is 16.0 Å². The molecule has 2 atom stereocenters. The fraction of sp³-hybridized carbons (Fsp3) is 0.500. The second kappa shape index (κ2) is 5.48. The molecule has 2 aliphatic rings. The van der Waals surface area contributed by atoms with Crippen LogP contribution in [0.3, 0.4) is 0 Å². The topological polar surface area (TPSA) is 75.4 Å². The zero-order valence-electron chi connectivity index (χ0n) is 12.3. The third-order valence-corrected chi connectivity index (χ3v) is 4.47. The number of nitrogens with one attached hydrogen (secondary N) is 1. The maximum atomic E-state index is 12.6. The summed E-state index contributed by atoms with van der Waals surface area (Å²) in [5.74, 6) is 0.410. The quantitative estimate of drug-likeness (QED) is 0.863. The van der Waals surface area contributed by atoms with Crippen LogP contribution in [0.2, 0.25) is 0 Å². The lowest BCUT2D eigenvalue weighted by Crippen LogP contribution is -2.45. The molecular formula is C16H21N3O2. The second-order valence-electron chi connectivity index (χ2n) is 6.11. The fourth-order valence-electron chi connectivity index (χ4n) is 3.17. The number of likely N-dealkylation sites (tertiary alicyclic amines) is 1. The highest BCUT2D eigenvalue weighted by atomic mass is 16.2. The highest BCUT2D eigenvalue weighted by Gasteiger charge is 2.27. The van der Waals surface area contributed by atoms with Gasteiger partial charge >= 0.3 is 0 Å². The van der Waals surface area contributed by atoms with Crippen molar-refractivity contribution >= 4 is 17.5 Å². The summed E-state index contributed by atoms with van der Waals surface area (Å²) < 4.78 is 0. The van der Waals surface area contributed by atoms with Crippen LogP contribution in [0, 0.1) is 5.92 Å². The van der Waals surface area contributed by atoms with Crippen molar-refractivity contribution in [3.05, 3.63) is 29.3 Å². The van der Waals surface area contributed by atoms with E-state index >= 15 is 0 Å². The van der Waals surface area contributed by atoms with Crippen LogP contribution >= 0.6 is 0 Å². The van der Waals surface area contributed by atoms with Gasteiger partial charge in [-0.3, -0.25) is 9.59 Å². The van der Waals surface area contributed by atoms with Gasteiger partial charge in [0.05, 0.1) is 6.42 Å². The summed E-state index contributed by atoms with van der Waals surface area (Å²) in [4.78, 5) is 25.9. The zero-order chi connectivity index (χ0) is 15.0. The molecular weight excluding hydrogens is 266 g/mol. The molecule has 3 rings (SSSR count). The molecule has 5 heteroatoms. The van der Waals surface area contributed by atoms with E-state index in [0.29, 0.717) is 17.9 Å². The fourth-order valence-corrected chi connectivity index (χ4v) is 3.17. The molecule has 21 heavy (non-hydrogen) atoms. The van der Waals surface area contributed by atoms with Gasteiger partial charge in [-0.15, -0.1) is 0 Å². The summed E-state index contributed by atoms with van der Waals surface area (Å²) in [5.41, 5.74) is 8.37. The van der Waals surface area contributed by atoms with E-state index in [2.05, 4.69) is 5.32 Å². The van der Waals surface area contributed by atoms with Crippen molar-refractivity contribution in [2.75, 3.05) is 18.4 Å². The summed E-state index contributed by atoms with van der Waals surface area (Å²) in [6.45, 7) is 3.52. The normalized spacial score (nSPS) is 22.7. The number of rotatable bonds is 2. The van der Waals surface area contributed by atoms with Gasteiger partial charge in [0.2, 0.25) is 5.91 Å². The molecule has 1 fully saturated rings. The molecule has 0 saturated carbocycles. The smallest absolute Gasteiger partial charge is 0.253 e. The number of benzene rings is 1. The van der Waals surface area contributed by atoms with Crippen LogP contribution in [-0.4, -0.2) is 35.8 Å². The van der Waals surface area contributed by atoms with Gasteiger partial charge in [-0.05, 0) is 49.4 Å². The third kappa shape index (κ3) is 2.78. The number of carbonyl (C=O) groups is 2. The van der Waals surface area contributed by atoms with Gasteiger partial charge in [0.15, 0.2) is 0 Å². The van der Waals surface area contributed by atoms with Crippen LogP contribution in [0.5, 0.6) is 0 Å². The minimum atomic E-state index is -0.00964. The molecule has 2 amide bonds. The Bertz CT molecular complexity index is 583. The molecule has 0 spiro atoms. The Labute approximate surface area is 124 Å². The Morgan fingerprint density at radius 2 is 2.29 bits per heavy atom. The van der Waals surface area contributed by atoms with Gasteiger partial charge in [-0.25, -0.2) is 0 Å². The number of piperidine rings is 1. The number of hydrogen-bond donors (Lipinski definition) is 2. The first-order valence-corrected chi connectivity index (χ1v) is 7.52. The van der Waals surface area contributed by atoms with Crippen molar-refractivity contribution < 1.29 is 9.59 Å². The highest BCUT2D eigenvalue weighted by molar-refractivity contribution is 6.01. The molecule has 1 aromatic carbocycles. The molecule has 2 unspecified atom stereocenters. The highest BCUT2D eigenvalue weighted by Crippen LogP contribution is 2.26. The monoisotopic (exact) mass is 287 g/mol. The molecule has 0 bridgehead atoms. The molecule has 5 nitrogen and oxygen atoms in total. The number of nitrogens with zero attached hydrogens (tertiary/aromatic N) is 1. The first kappa shape index (κ1) is 14.1. The van der Waals surface area contributed by atoms with Crippen molar-refractivity contribution in [1.82, 2.24) is 4.90 Å². The van der Waals surface area contributed by atoms with E-state index in [9.17, 15) is 9.59 Å². The van der Waals surface area contributed by atoms with Crippen LogP contribution in [-0.2, 0) is 11.2 Å². The standard InChI is InChI=1S/C16H21N3O2/c1-10(17)12-3-2-6-19(9-12)16(21)11-4-5-14-13(7-11)8-15(20)18-14/h4-5,7,10,12H,2-3,6,8-9,17H2,1H3,(H,18,20). The lowest BCUT2D eigenvalue weighted by atomic mass is 9.91. The van der Waals surface area contributed by atoms with Crippen LogP contribution in [0.4, 0.5) is 5.69 Å². The lowest BCUT2D eigenvalue weighted by Gasteiger charge is -2.34. The average Bonchev–Trinajstić information content (AvgIpc) is 2.85. The van der Waals surface area contributed by atoms with Gasteiger partial charge in [0.25, 0.3) is 5.91 Å². The minimum Gasteiger partial charge on any atom is -0.338 e. The van der Waals surface area contributed by atoms with Crippen molar-refractivity contribution in [3.8, 4) is 0 Å². The van der Waals surface area contributed by atoms with Gasteiger partial charge in [-0.1, -0.05) is 0 Å². The Morgan fingerprint density at radius 3 is 3.05 bits per heavy atom. The molecule has 1 saturated heterocycles. The first-order valence-electron chi connectivity index (χ1n) is 7.52. The van der Waals surface area contributed by atoms with Crippen LogP contribution < -0.4 is 11.1 Å². The minimum absolute atomic E-state index is 0.00964. The van der Waals surface area contributed by atoms with Gasteiger partial charge in [0.1, 0.15) is 0 Å². The molecule has 0 aromatic heterocycles. The molecule has 3 N–H and O–H groups in total. The number of amides is 2. The molecule has 0 radical (unpaired) electrons. The predicted octanol–water partition coefficient (Wildman–Crippen LogP) is 1.38. The van der Waals surface area contributed by atoms with E-state index in [1.165, 1.54) is 0 Å². The predicted molar refractivity (Wildman–Crippen MR) is 81.1 cm³/mol. The van der Waals surface area contributed by atoms with Crippen LogP contribution in [0.25, 0.3) is 0 Å². The lowest BCUT2D eigenvalue weighted by molar-refractivity contribution is -0.115. The van der Waals surface area contributed by atoms with E-state index in [-0.39, 0.29) is 17.9 Å². The SMILES string of the molecule is CC(N)C1CCCN(C(=O)c2ccc3c(c2)CC(=O)N3)C1. The maximum Gasteiger partial charge on any atom is 0.253 e. The zero-order valence-corrected chi connectivity index (χ0v) is 12.3. The van der Waals surface area contributed by atoms with Crippen molar-refractivity contribution in [2.45, 2.75) is 32.2 Å². The molecule has 0 aliphatic carbocycles. The summed E-state index contributed by atoms with van der Waals surface area (Å²) in [6.07, 6.45) is 2.45. The van der Waals surface area contributed by atoms with Crippen molar-refractivity contribution in [2.24, 2.45) is 11.7 Å². The average molecular weight is 287 g/mol. The molecule has 2 aliphatic heterocycles. The van der Waals surface area contributed by atoms with Crippen LogP contribution in [0.15, 0.2) is 18.2 Å². The van der Waals surface area contributed by atoms with Gasteiger partial charge in [0, 0.05) is 30.4 Å². The largest absolute Gasteiger partial charge is 0.338 e. The maximum absolute atomic E-state index is 12.6. The molecule has 112 valence electrons. The van der Waals surface area contributed by atoms with E-state index in [4.69, 9.17) is 5.73 Å². The number of nitrogens with two attached hydrogens (primary N) is 1. The Kier molecular flexibility index (Phi) is 3.68.